The van der Waals surface area contributed by atoms with Crippen LogP contribution in [0.15, 0.2) is 35.4 Å². The number of aromatic nitrogens is 1. The molecular formula is C18H21N3O2S. The van der Waals surface area contributed by atoms with E-state index in [4.69, 9.17) is 0 Å². The van der Waals surface area contributed by atoms with Gasteiger partial charge in [0.2, 0.25) is 11.8 Å². The van der Waals surface area contributed by atoms with Gasteiger partial charge in [0, 0.05) is 18.5 Å². The number of carbonyl (C=O) groups excluding carboxylic acids is 2. The van der Waals surface area contributed by atoms with Crippen molar-refractivity contribution < 1.29 is 9.59 Å². The average molecular weight is 343 g/mol. The summed E-state index contributed by atoms with van der Waals surface area (Å²) in [5.74, 6) is 0.120. The van der Waals surface area contributed by atoms with Crippen molar-refractivity contribution in [1.82, 2.24) is 15.2 Å². The highest BCUT2D eigenvalue weighted by Gasteiger charge is 2.24. The van der Waals surface area contributed by atoms with Gasteiger partial charge in [-0.2, -0.15) is 0 Å². The Morgan fingerprint density at radius 1 is 1.33 bits per heavy atom. The fraction of sp³-hybridized carbons (Fsp3) is 0.389. The van der Waals surface area contributed by atoms with Crippen molar-refractivity contribution >= 4 is 34.5 Å². The van der Waals surface area contributed by atoms with E-state index in [9.17, 15) is 9.59 Å². The van der Waals surface area contributed by atoms with E-state index in [2.05, 4.69) is 10.3 Å². The average Bonchev–Trinajstić information content (AvgIpc) is 3.36. The molecule has 1 saturated carbocycles. The molecule has 1 N–H and O–H groups in total. The molecule has 1 fully saturated rings. The molecule has 2 aromatic rings. The Morgan fingerprint density at radius 3 is 2.83 bits per heavy atom. The SMILES string of the molecule is Cc1cc(SCC(=O)N(C)CC(=O)NC2CC2)nc2ccccc12. The molecular weight excluding hydrogens is 322 g/mol. The minimum atomic E-state index is -0.0852. The Bertz CT molecular complexity index is 774. The minimum Gasteiger partial charge on any atom is -0.352 e. The number of nitrogens with one attached hydrogen (secondary N) is 1. The second-order valence-electron chi connectivity index (χ2n) is 6.17. The summed E-state index contributed by atoms with van der Waals surface area (Å²) < 4.78 is 0. The summed E-state index contributed by atoms with van der Waals surface area (Å²) in [5, 5.41) is 4.84. The number of fused-ring (bicyclic) bond motifs is 1. The Hall–Kier alpha value is -2.08. The van der Waals surface area contributed by atoms with Gasteiger partial charge in [0.05, 0.1) is 22.8 Å². The lowest BCUT2D eigenvalue weighted by molar-refractivity contribution is -0.132. The van der Waals surface area contributed by atoms with Crippen LogP contribution in [-0.2, 0) is 9.59 Å². The monoisotopic (exact) mass is 343 g/mol. The third-order valence-corrected chi connectivity index (χ3v) is 4.89. The lowest BCUT2D eigenvalue weighted by atomic mass is 10.1. The molecule has 1 heterocycles. The first-order chi connectivity index (χ1) is 11.5. The van der Waals surface area contributed by atoms with Crippen molar-refractivity contribution in [3.8, 4) is 0 Å². The maximum Gasteiger partial charge on any atom is 0.239 e. The first-order valence-electron chi connectivity index (χ1n) is 8.05. The van der Waals surface area contributed by atoms with Gasteiger partial charge in [-0.3, -0.25) is 9.59 Å². The molecule has 1 aliphatic carbocycles. The van der Waals surface area contributed by atoms with Gasteiger partial charge < -0.3 is 10.2 Å². The van der Waals surface area contributed by atoms with Gasteiger partial charge in [-0.15, -0.1) is 0 Å². The Kier molecular flexibility index (Phi) is 5.04. The molecule has 0 bridgehead atoms. The zero-order chi connectivity index (χ0) is 17.1. The van der Waals surface area contributed by atoms with Crippen LogP contribution >= 0.6 is 11.8 Å². The Balaban J connectivity index is 1.56. The number of hydrogen-bond acceptors (Lipinski definition) is 4. The van der Waals surface area contributed by atoms with E-state index in [1.54, 1.807) is 7.05 Å². The fourth-order valence-corrected chi connectivity index (χ4v) is 3.36. The molecule has 0 aliphatic heterocycles. The molecule has 0 saturated heterocycles. The molecule has 0 radical (unpaired) electrons. The van der Waals surface area contributed by atoms with E-state index in [1.165, 1.54) is 16.7 Å². The van der Waals surface area contributed by atoms with E-state index >= 15 is 0 Å². The number of aryl methyl sites for hydroxylation is 1. The summed E-state index contributed by atoms with van der Waals surface area (Å²) in [6.45, 7) is 2.16. The topological polar surface area (TPSA) is 62.3 Å². The number of hydrogen-bond donors (Lipinski definition) is 1. The van der Waals surface area contributed by atoms with Gasteiger partial charge >= 0.3 is 0 Å². The minimum absolute atomic E-state index is 0.0708. The van der Waals surface area contributed by atoms with E-state index in [0.29, 0.717) is 6.04 Å². The Labute approximate surface area is 145 Å². The fourth-order valence-electron chi connectivity index (χ4n) is 2.44. The van der Waals surface area contributed by atoms with Crippen LogP contribution in [0.25, 0.3) is 10.9 Å². The molecule has 3 rings (SSSR count). The van der Waals surface area contributed by atoms with Gasteiger partial charge in [0.1, 0.15) is 0 Å². The highest BCUT2D eigenvalue weighted by molar-refractivity contribution is 7.99. The number of para-hydroxylation sites is 1. The summed E-state index contributed by atoms with van der Waals surface area (Å²) in [6.07, 6.45) is 2.10. The molecule has 126 valence electrons. The zero-order valence-electron chi connectivity index (χ0n) is 13.9. The maximum absolute atomic E-state index is 12.2. The number of carbonyl (C=O) groups is 2. The summed E-state index contributed by atoms with van der Waals surface area (Å²) in [6, 6.07) is 10.3. The van der Waals surface area contributed by atoms with Crippen molar-refractivity contribution in [2.75, 3.05) is 19.3 Å². The summed E-state index contributed by atoms with van der Waals surface area (Å²) in [5.41, 5.74) is 2.08. The van der Waals surface area contributed by atoms with Crippen molar-refractivity contribution in [2.24, 2.45) is 0 Å². The number of benzene rings is 1. The molecule has 24 heavy (non-hydrogen) atoms. The standard InChI is InChI=1S/C18H21N3O2S/c1-12-9-17(20-15-6-4-3-5-14(12)15)24-11-18(23)21(2)10-16(22)19-13-7-8-13/h3-6,9,13H,7-8,10-11H2,1-2H3,(H,19,22). The van der Waals surface area contributed by atoms with E-state index in [0.717, 1.165) is 34.3 Å². The van der Waals surface area contributed by atoms with Crippen LogP contribution in [0.1, 0.15) is 18.4 Å². The van der Waals surface area contributed by atoms with Gasteiger partial charge in [-0.1, -0.05) is 30.0 Å². The number of amides is 2. The normalized spacial score (nSPS) is 13.8. The molecule has 0 spiro atoms. The number of rotatable bonds is 6. The third-order valence-electron chi connectivity index (χ3n) is 3.99. The highest BCUT2D eigenvalue weighted by Crippen LogP contribution is 2.23. The molecule has 1 aliphatic rings. The van der Waals surface area contributed by atoms with Gasteiger partial charge in [-0.25, -0.2) is 4.98 Å². The van der Waals surface area contributed by atoms with Gasteiger partial charge in [0.15, 0.2) is 0 Å². The molecule has 1 aromatic heterocycles. The molecule has 5 nitrogen and oxygen atoms in total. The van der Waals surface area contributed by atoms with E-state index in [-0.39, 0.29) is 24.1 Å². The van der Waals surface area contributed by atoms with Crippen LogP contribution < -0.4 is 5.32 Å². The maximum atomic E-state index is 12.2. The van der Waals surface area contributed by atoms with Crippen LogP contribution in [-0.4, -0.2) is 47.1 Å². The summed E-state index contributed by atoms with van der Waals surface area (Å²) in [4.78, 5) is 30.0. The molecule has 1 aromatic carbocycles. The van der Waals surface area contributed by atoms with Crippen LogP contribution in [0.3, 0.4) is 0 Å². The molecule has 6 heteroatoms. The highest BCUT2D eigenvalue weighted by atomic mass is 32.2. The van der Waals surface area contributed by atoms with Crippen molar-refractivity contribution in [3.05, 3.63) is 35.9 Å². The van der Waals surface area contributed by atoms with Crippen molar-refractivity contribution in [1.29, 1.82) is 0 Å². The molecule has 0 atom stereocenters. The van der Waals surface area contributed by atoms with Crippen LogP contribution in [0.4, 0.5) is 0 Å². The Morgan fingerprint density at radius 2 is 2.08 bits per heavy atom. The second kappa shape index (κ2) is 7.21. The smallest absolute Gasteiger partial charge is 0.239 e. The van der Waals surface area contributed by atoms with Gasteiger partial charge in [0.25, 0.3) is 0 Å². The number of likely N-dealkylation sites (N-methyl/N-ethyl adjacent to an activating group) is 1. The zero-order valence-corrected chi connectivity index (χ0v) is 14.7. The molecule has 2 amide bonds. The van der Waals surface area contributed by atoms with E-state index < -0.39 is 0 Å². The van der Waals surface area contributed by atoms with Crippen LogP contribution in [0.5, 0.6) is 0 Å². The summed E-state index contributed by atoms with van der Waals surface area (Å²) in [7, 11) is 1.66. The van der Waals surface area contributed by atoms with Gasteiger partial charge in [-0.05, 0) is 37.5 Å². The second-order valence-corrected chi connectivity index (χ2v) is 7.17. The number of pyridine rings is 1. The lowest BCUT2D eigenvalue weighted by Crippen LogP contribution is -2.39. The van der Waals surface area contributed by atoms with Crippen LogP contribution in [0, 0.1) is 6.92 Å². The predicted molar refractivity (Wildman–Crippen MR) is 96.0 cm³/mol. The quantitative estimate of drug-likeness (QED) is 0.818. The number of thioether (sulfide) groups is 1. The largest absolute Gasteiger partial charge is 0.352 e. The predicted octanol–water partition coefficient (Wildman–Crippen LogP) is 2.37. The molecule has 0 unspecified atom stereocenters. The third kappa shape index (κ3) is 4.26. The summed E-state index contributed by atoms with van der Waals surface area (Å²) >= 11 is 1.41. The first-order valence-corrected chi connectivity index (χ1v) is 9.04. The lowest BCUT2D eigenvalue weighted by Gasteiger charge is -2.16. The van der Waals surface area contributed by atoms with Crippen LogP contribution in [0.2, 0.25) is 0 Å². The van der Waals surface area contributed by atoms with Crippen molar-refractivity contribution in [3.63, 3.8) is 0 Å². The van der Waals surface area contributed by atoms with Crippen molar-refractivity contribution in [2.45, 2.75) is 30.8 Å². The number of nitrogens with zero attached hydrogens (tertiary/aromatic N) is 2. The van der Waals surface area contributed by atoms with E-state index in [1.807, 2.05) is 37.3 Å². The first kappa shape index (κ1) is 16.8.